The van der Waals surface area contributed by atoms with Crippen molar-refractivity contribution in [3.05, 3.63) is 29.3 Å². The Bertz CT molecular complexity index is 627. The normalized spacial score (nSPS) is 17.0. The summed E-state index contributed by atoms with van der Waals surface area (Å²) in [6.07, 6.45) is 0. The Morgan fingerprint density at radius 1 is 1.32 bits per heavy atom. The third-order valence-electron chi connectivity index (χ3n) is 3.47. The number of ether oxygens (including phenoxy) is 1. The number of thioether (sulfide) groups is 2. The minimum absolute atomic E-state index is 0.0708. The molecular weight excluding hydrogens is 384 g/mol. The zero-order chi connectivity index (χ0) is 18.2. The Morgan fingerprint density at radius 2 is 2.04 bits per heavy atom. The number of halogens is 1. The molecule has 1 fully saturated rings. The zero-order valence-electron chi connectivity index (χ0n) is 13.7. The van der Waals surface area contributed by atoms with Crippen LogP contribution in [0.25, 0.3) is 0 Å². The number of carbonyl (C=O) groups is 3. The predicted octanol–water partition coefficient (Wildman–Crippen LogP) is 2.13. The molecule has 1 aromatic rings. The smallest absolute Gasteiger partial charge is 0.320 e. The predicted molar refractivity (Wildman–Crippen MR) is 102 cm³/mol. The fourth-order valence-electron chi connectivity index (χ4n) is 2.20. The van der Waals surface area contributed by atoms with Crippen molar-refractivity contribution in [1.29, 1.82) is 0 Å². The molecule has 1 aromatic carbocycles. The largest absolute Gasteiger partial charge is 0.468 e. The molecule has 0 aliphatic carbocycles. The summed E-state index contributed by atoms with van der Waals surface area (Å²) in [6.45, 7) is 0.961. The molecular formula is C16H19ClN2O4S2. The number of amides is 2. The van der Waals surface area contributed by atoms with Crippen LogP contribution >= 0.6 is 35.1 Å². The molecule has 0 aromatic heterocycles. The van der Waals surface area contributed by atoms with E-state index < -0.39 is 0 Å². The lowest BCUT2D eigenvalue weighted by atomic mass is 10.3. The SMILES string of the molecule is COC(=O)[C@@H]1CN(C(=O)CSCC(=O)Nc2ccc(Cl)cc2)CCS1. The van der Waals surface area contributed by atoms with Crippen LogP contribution in [0.4, 0.5) is 5.69 Å². The second-order valence-electron chi connectivity index (χ2n) is 5.27. The summed E-state index contributed by atoms with van der Waals surface area (Å²) in [5, 5.41) is 3.01. The number of rotatable bonds is 6. The number of esters is 1. The maximum Gasteiger partial charge on any atom is 0.320 e. The van der Waals surface area contributed by atoms with Gasteiger partial charge in [0, 0.05) is 29.6 Å². The summed E-state index contributed by atoms with van der Waals surface area (Å²) < 4.78 is 4.73. The lowest BCUT2D eigenvalue weighted by molar-refractivity contribution is -0.141. The van der Waals surface area contributed by atoms with Crippen LogP contribution in [0, 0.1) is 0 Å². The van der Waals surface area contributed by atoms with Crippen LogP contribution in [0.1, 0.15) is 0 Å². The maximum atomic E-state index is 12.2. The molecule has 25 heavy (non-hydrogen) atoms. The highest BCUT2D eigenvalue weighted by atomic mass is 35.5. The molecule has 0 radical (unpaired) electrons. The summed E-state index contributed by atoms with van der Waals surface area (Å²) in [5.41, 5.74) is 0.662. The number of methoxy groups -OCH3 is 1. The average molecular weight is 403 g/mol. The Kier molecular flexibility index (Phi) is 7.92. The number of anilines is 1. The molecule has 1 aliphatic rings. The first-order valence-electron chi connectivity index (χ1n) is 7.60. The first-order valence-corrected chi connectivity index (χ1v) is 10.2. The fraction of sp³-hybridized carbons (Fsp3) is 0.438. The molecule has 136 valence electrons. The summed E-state index contributed by atoms with van der Waals surface area (Å²) in [6, 6.07) is 6.82. The summed E-state index contributed by atoms with van der Waals surface area (Å²) in [4.78, 5) is 37.4. The minimum atomic E-state index is -0.332. The van der Waals surface area contributed by atoms with Crippen LogP contribution in [0.3, 0.4) is 0 Å². The highest BCUT2D eigenvalue weighted by molar-refractivity contribution is 8.01. The molecule has 1 N–H and O–H groups in total. The van der Waals surface area contributed by atoms with E-state index in [0.717, 1.165) is 0 Å². The average Bonchev–Trinajstić information content (AvgIpc) is 2.63. The van der Waals surface area contributed by atoms with E-state index in [4.69, 9.17) is 16.3 Å². The molecule has 9 heteroatoms. The van der Waals surface area contributed by atoms with Crippen LogP contribution in [-0.2, 0) is 19.1 Å². The van der Waals surface area contributed by atoms with Gasteiger partial charge in [-0.15, -0.1) is 23.5 Å². The fourth-order valence-corrected chi connectivity index (χ4v) is 4.17. The summed E-state index contributed by atoms with van der Waals surface area (Å²) in [7, 11) is 1.35. The summed E-state index contributed by atoms with van der Waals surface area (Å²) >= 11 is 8.54. The number of nitrogens with zero attached hydrogens (tertiary/aromatic N) is 1. The Balaban J connectivity index is 1.71. The van der Waals surface area contributed by atoms with E-state index in [1.807, 2.05) is 0 Å². The van der Waals surface area contributed by atoms with Gasteiger partial charge in [0.25, 0.3) is 0 Å². The van der Waals surface area contributed by atoms with Crippen molar-refractivity contribution in [3.8, 4) is 0 Å². The molecule has 2 rings (SSSR count). The number of hydrogen-bond donors (Lipinski definition) is 1. The first kappa shape index (κ1) is 19.9. The molecule has 1 heterocycles. The Labute approximate surface area is 160 Å². The van der Waals surface area contributed by atoms with Crippen molar-refractivity contribution >= 4 is 58.6 Å². The van der Waals surface area contributed by atoms with Crippen molar-refractivity contribution in [2.45, 2.75) is 5.25 Å². The third kappa shape index (κ3) is 6.45. The van der Waals surface area contributed by atoms with Crippen molar-refractivity contribution in [1.82, 2.24) is 4.90 Å². The van der Waals surface area contributed by atoms with Gasteiger partial charge in [0.15, 0.2) is 0 Å². The first-order chi connectivity index (χ1) is 12.0. The number of carbonyl (C=O) groups excluding carboxylic acids is 3. The molecule has 1 atom stereocenters. The van der Waals surface area contributed by atoms with Gasteiger partial charge in [-0.25, -0.2) is 0 Å². The highest BCUT2D eigenvalue weighted by Gasteiger charge is 2.29. The molecule has 0 spiro atoms. The lowest BCUT2D eigenvalue weighted by Gasteiger charge is -2.30. The number of hydrogen-bond acceptors (Lipinski definition) is 6. The topological polar surface area (TPSA) is 75.7 Å². The van der Waals surface area contributed by atoms with E-state index in [1.54, 1.807) is 29.2 Å². The second-order valence-corrected chi connectivity index (χ2v) is 8.00. The van der Waals surface area contributed by atoms with Gasteiger partial charge >= 0.3 is 5.97 Å². The lowest BCUT2D eigenvalue weighted by Crippen LogP contribution is -2.45. The van der Waals surface area contributed by atoms with E-state index in [2.05, 4.69) is 5.32 Å². The van der Waals surface area contributed by atoms with Gasteiger partial charge in [-0.3, -0.25) is 14.4 Å². The van der Waals surface area contributed by atoms with Gasteiger partial charge in [-0.05, 0) is 24.3 Å². The zero-order valence-corrected chi connectivity index (χ0v) is 16.1. The van der Waals surface area contributed by atoms with Gasteiger partial charge in [0.05, 0.1) is 18.6 Å². The van der Waals surface area contributed by atoms with Crippen LogP contribution in [0.5, 0.6) is 0 Å². The summed E-state index contributed by atoms with van der Waals surface area (Å²) in [5.74, 6) is 0.523. The third-order valence-corrected chi connectivity index (χ3v) is 5.80. The minimum Gasteiger partial charge on any atom is -0.468 e. The van der Waals surface area contributed by atoms with Crippen LogP contribution in [0.2, 0.25) is 5.02 Å². The van der Waals surface area contributed by atoms with E-state index in [1.165, 1.54) is 30.6 Å². The second kappa shape index (κ2) is 9.94. The van der Waals surface area contributed by atoms with E-state index >= 15 is 0 Å². The van der Waals surface area contributed by atoms with Crippen molar-refractivity contribution in [2.75, 3.05) is 42.8 Å². The van der Waals surface area contributed by atoms with Crippen molar-refractivity contribution in [3.63, 3.8) is 0 Å². The molecule has 0 unspecified atom stereocenters. The van der Waals surface area contributed by atoms with Gasteiger partial charge in [0.2, 0.25) is 11.8 Å². The molecule has 1 aliphatic heterocycles. The van der Waals surface area contributed by atoms with Crippen LogP contribution in [0.15, 0.2) is 24.3 Å². The molecule has 2 amide bonds. The quantitative estimate of drug-likeness (QED) is 0.734. The molecule has 1 saturated heterocycles. The van der Waals surface area contributed by atoms with E-state index in [-0.39, 0.29) is 34.5 Å². The number of benzene rings is 1. The Morgan fingerprint density at radius 3 is 2.72 bits per heavy atom. The Hall–Kier alpha value is -1.38. The van der Waals surface area contributed by atoms with Gasteiger partial charge < -0.3 is 15.0 Å². The van der Waals surface area contributed by atoms with E-state index in [9.17, 15) is 14.4 Å². The van der Waals surface area contributed by atoms with Gasteiger partial charge in [-0.2, -0.15) is 0 Å². The van der Waals surface area contributed by atoms with Crippen LogP contribution in [-0.4, -0.2) is 65.4 Å². The molecule has 0 saturated carbocycles. The maximum absolute atomic E-state index is 12.2. The van der Waals surface area contributed by atoms with E-state index in [0.29, 0.717) is 29.6 Å². The monoisotopic (exact) mass is 402 g/mol. The van der Waals surface area contributed by atoms with Crippen molar-refractivity contribution < 1.29 is 19.1 Å². The van der Waals surface area contributed by atoms with Gasteiger partial charge in [0.1, 0.15) is 5.25 Å². The molecule has 0 bridgehead atoms. The molecule has 6 nitrogen and oxygen atoms in total. The standard InChI is InChI=1S/C16H19ClN2O4S2/c1-23-16(22)13-8-19(6-7-25-13)15(21)10-24-9-14(20)18-12-4-2-11(17)3-5-12/h2-5,13H,6-10H2,1H3,(H,18,20)/t13-/m0/s1. The number of nitrogens with one attached hydrogen (secondary N) is 1. The van der Waals surface area contributed by atoms with Crippen LogP contribution < -0.4 is 5.32 Å². The highest BCUT2D eigenvalue weighted by Crippen LogP contribution is 2.20. The van der Waals surface area contributed by atoms with Gasteiger partial charge in [-0.1, -0.05) is 11.6 Å². The van der Waals surface area contributed by atoms with Crippen molar-refractivity contribution in [2.24, 2.45) is 0 Å².